The van der Waals surface area contributed by atoms with Crippen molar-refractivity contribution in [2.75, 3.05) is 0 Å². The van der Waals surface area contributed by atoms with E-state index in [1.807, 2.05) is 22.7 Å². The van der Waals surface area contributed by atoms with Gasteiger partial charge in [0.15, 0.2) is 0 Å². The molecule has 0 aliphatic heterocycles. The third-order valence-electron chi connectivity index (χ3n) is 11.5. The smallest absolute Gasteiger partial charge is 0.0355 e. The molecule has 0 nitrogen and oxygen atoms in total. The van der Waals surface area contributed by atoms with Crippen molar-refractivity contribution in [2.45, 2.75) is 19.3 Å². The molecule has 0 fully saturated rings. The zero-order valence-corrected chi connectivity index (χ0v) is 31.1. The van der Waals surface area contributed by atoms with Crippen LogP contribution in [0.1, 0.15) is 25.0 Å². The zero-order valence-electron chi connectivity index (χ0n) is 29.5. The van der Waals surface area contributed by atoms with Crippen LogP contribution in [0.25, 0.3) is 96.0 Å². The summed E-state index contributed by atoms with van der Waals surface area (Å²) in [5.41, 5.74) is 15.4. The average molecular weight is 711 g/mol. The summed E-state index contributed by atoms with van der Waals surface area (Å²) in [6.45, 7) is 4.76. The normalized spacial score (nSPS) is 13.2. The van der Waals surface area contributed by atoms with Crippen LogP contribution < -0.4 is 0 Å². The maximum absolute atomic E-state index is 2.43. The minimum Gasteiger partial charge on any atom is -0.135 e. The predicted molar refractivity (Wildman–Crippen MR) is 232 cm³/mol. The number of hydrogen-bond acceptors (Lipinski definition) is 2. The van der Waals surface area contributed by atoms with E-state index in [1.54, 1.807) is 0 Å². The summed E-state index contributed by atoms with van der Waals surface area (Å²) in [4.78, 5) is 0. The van der Waals surface area contributed by atoms with Crippen LogP contribution in [0.3, 0.4) is 0 Å². The van der Waals surface area contributed by atoms with E-state index in [9.17, 15) is 0 Å². The van der Waals surface area contributed by atoms with Gasteiger partial charge in [-0.15, -0.1) is 22.7 Å². The summed E-state index contributed by atoms with van der Waals surface area (Å²) in [5.74, 6) is 0. The number of thiophene rings is 2. The summed E-state index contributed by atoms with van der Waals surface area (Å²) < 4.78 is 5.38. The fraction of sp³-hybridized carbons (Fsp3) is 0.0588. The first kappa shape index (κ1) is 30.8. The van der Waals surface area contributed by atoms with E-state index in [4.69, 9.17) is 0 Å². The number of rotatable bonds is 4. The first-order valence-electron chi connectivity index (χ1n) is 18.3. The molecule has 0 saturated carbocycles. The third kappa shape index (κ3) is 4.87. The van der Waals surface area contributed by atoms with Gasteiger partial charge in [0.05, 0.1) is 0 Å². The fourth-order valence-corrected chi connectivity index (χ4v) is 10.8. The minimum absolute atomic E-state index is 0.103. The standard InChI is InChI=1S/C51H34S2/c1-51(2)45-29-37(33-15-11-31(12-16-33)35-21-25-49-43(27-35)41-7-3-5-9-47(41)52-49)19-23-39(45)40-24-20-38(30-46(40)51)34-17-13-32(14-18-34)36-22-26-50-44(28-36)42-8-4-6-10-48(42)53-50/h3-30H,1-2H3. The van der Waals surface area contributed by atoms with Crippen LogP contribution in [0.4, 0.5) is 0 Å². The Balaban J connectivity index is 0.876. The molecule has 10 aromatic rings. The molecule has 2 aromatic heterocycles. The minimum atomic E-state index is -0.103. The molecule has 0 bridgehead atoms. The highest BCUT2D eigenvalue weighted by atomic mass is 32.1. The molecule has 53 heavy (non-hydrogen) atoms. The molecular weight excluding hydrogens is 677 g/mol. The molecule has 0 saturated heterocycles. The van der Waals surface area contributed by atoms with Gasteiger partial charge in [0.2, 0.25) is 0 Å². The largest absolute Gasteiger partial charge is 0.135 e. The van der Waals surface area contributed by atoms with Crippen molar-refractivity contribution >= 4 is 63.0 Å². The molecule has 2 heterocycles. The van der Waals surface area contributed by atoms with Crippen molar-refractivity contribution in [3.05, 3.63) is 181 Å². The summed E-state index contributed by atoms with van der Waals surface area (Å²) >= 11 is 3.74. The average Bonchev–Trinajstić information content (AvgIpc) is 3.84. The van der Waals surface area contributed by atoms with Gasteiger partial charge < -0.3 is 0 Å². The van der Waals surface area contributed by atoms with Gasteiger partial charge in [0, 0.05) is 45.8 Å². The molecular formula is C51H34S2. The van der Waals surface area contributed by atoms with Crippen LogP contribution in [0.2, 0.25) is 0 Å². The van der Waals surface area contributed by atoms with E-state index in [2.05, 4.69) is 184 Å². The Labute approximate surface area is 317 Å². The Bertz CT molecular complexity index is 2850. The monoisotopic (exact) mass is 710 g/mol. The van der Waals surface area contributed by atoms with E-state index in [0.29, 0.717) is 0 Å². The van der Waals surface area contributed by atoms with Crippen LogP contribution in [-0.2, 0) is 5.41 Å². The molecule has 0 radical (unpaired) electrons. The summed E-state index contributed by atoms with van der Waals surface area (Å²) in [6.07, 6.45) is 0. The maximum Gasteiger partial charge on any atom is 0.0355 e. The van der Waals surface area contributed by atoms with Crippen LogP contribution >= 0.6 is 22.7 Å². The molecule has 0 spiro atoms. The lowest BCUT2D eigenvalue weighted by Gasteiger charge is -2.22. The Morgan fingerprint density at radius 3 is 1.04 bits per heavy atom. The quantitative estimate of drug-likeness (QED) is 0.171. The van der Waals surface area contributed by atoms with Crippen LogP contribution in [0.15, 0.2) is 170 Å². The van der Waals surface area contributed by atoms with Gasteiger partial charge in [-0.25, -0.2) is 0 Å². The highest BCUT2D eigenvalue weighted by molar-refractivity contribution is 7.26. The van der Waals surface area contributed by atoms with Gasteiger partial charge in [-0.1, -0.05) is 135 Å². The van der Waals surface area contributed by atoms with E-state index in [-0.39, 0.29) is 5.41 Å². The SMILES string of the molecule is CC1(C)c2cc(-c3ccc(-c4ccc5sc6ccccc6c5c4)cc3)ccc2-c2ccc(-c3ccc(-c4ccc5sc6ccccc6c5c4)cc3)cc21. The van der Waals surface area contributed by atoms with Crippen molar-refractivity contribution in [3.8, 4) is 55.6 Å². The summed E-state index contributed by atoms with van der Waals surface area (Å²) in [5, 5.41) is 5.37. The van der Waals surface area contributed by atoms with E-state index in [1.165, 1.54) is 107 Å². The van der Waals surface area contributed by atoms with Crippen molar-refractivity contribution in [1.82, 2.24) is 0 Å². The molecule has 0 amide bonds. The van der Waals surface area contributed by atoms with Gasteiger partial charge in [-0.05, 0) is 115 Å². The molecule has 1 aliphatic carbocycles. The summed E-state index contributed by atoms with van der Waals surface area (Å²) in [7, 11) is 0. The molecule has 0 N–H and O–H groups in total. The second kappa shape index (κ2) is 11.6. The Morgan fingerprint density at radius 1 is 0.302 bits per heavy atom. The number of benzene rings is 8. The molecule has 11 rings (SSSR count). The zero-order chi connectivity index (χ0) is 35.3. The Kier molecular flexibility index (Phi) is 6.74. The molecule has 0 unspecified atom stereocenters. The highest BCUT2D eigenvalue weighted by Crippen LogP contribution is 2.51. The van der Waals surface area contributed by atoms with E-state index >= 15 is 0 Å². The lowest BCUT2D eigenvalue weighted by Crippen LogP contribution is -2.15. The first-order valence-corrected chi connectivity index (χ1v) is 19.9. The predicted octanol–water partition coefficient (Wildman–Crippen LogP) is 15.4. The maximum atomic E-state index is 2.43. The van der Waals surface area contributed by atoms with Crippen LogP contribution in [0.5, 0.6) is 0 Å². The lowest BCUT2D eigenvalue weighted by atomic mass is 9.80. The first-order chi connectivity index (χ1) is 26.0. The van der Waals surface area contributed by atoms with Crippen LogP contribution in [0, 0.1) is 0 Å². The van der Waals surface area contributed by atoms with Gasteiger partial charge >= 0.3 is 0 Å². The third-order valence-corrected chi connectivity index (χ3v) is 13.8. The molecule has 2 heteroatoms. The molecule has 1 aliphatic rings. The lowest BCUT2D eigenvalue weighted by molar-refractivity contribution is 0.661. The fourth-order valence-electron chi connectivity index (χ4n) is 8.62. The van der Waals surface area contributed by atoms with E-state index in [0.717, 1.165) is 0 Å². The van der Waals surface area contributed by atoms with Crippen LogP contribution in [-0.4, -0.2) is 0 Å². The number of fused-ring (bicyclic) bond motifs is 9. The molecule has 8 aromatic carbocycles. The topological polar surface area (TPSA) is 0 Å². The van der Waals surface area contributed by atoms with Crippen molar-refractivity contribution in [2.24, 2.45) is 0 Å². The second-order valence-corrected chi connectivity index (χ2v) is 17.1. The second-order valence-electron chi connectivity index (χ2n) is 14.9. The van der Waals surface area contributed by atoms with Gasteiger partial charge in [-0.2, -0.15) is 0 Å². The van der Waals surface area contributed by atoms with Crippen molar-refractivity contribution in [1.29, 1.82) is 0 Å². The Hall–Kier alpha value is -5.80. The van der Waals surface area contributed by atoms with Gasteiger partial charge in [0.1, 0.15) is 0 Å². The highest BCUT2D eigenvalue weighted by Gasteiger charge is 2.36. The van der Waals surface area contributed by atoms with Gasteiger partial charge in [-0.3, -0.25) is 0 Å². The van der Waals surface area contributed by atoms with Crippen molar-refractivity contribution in [3.63, 3.8) is 0 Å². The van der Waals surface area contributed by atoms with Crippen molar-refractivity contribution < 1.29 is 0 Å². The van der Waals surface area contributed by atoms with E-state index < -0.39 is 0 Å². The van der Waals surface area contributed by atoms with Gasteiger partial charge in [0.25, 0.3) is 0 Å². The molecule has 0 atom stereocenters. The summed E-state index contributed by atoms with van der Waals surface area (Å²) in [6, 6.07) is 63.6. The Morgan fingerprint density at radius 2 is 0.623 bits per heavy atom. The molecule has 250 valence electrons. The number of hydrogen-bond donors (Lipinski definition) is 0.